The van der Waals surface area contributed by atoms with Gasteiger partial charge in [-0.05, 0) is 77.0 Å². The number of aliphatic carboxylic acids is 1. The van der Waals surface area contributed by atoms with E-state index in [-0.39, 0.29) is 42.7 Å². The average molecular weight is 875 g/mol. The Hall–Kier alpha value is -5.18. The highest BCUT2D eigenvalue weighted by atomic mass is 35.5. The lowest BCUT2D eigenvalue weighted by Gasteiger charge is -2.33. The van der Waals surface area contributed by atoms with E-state index in [0.717, 1.165) is 62.1 Å². The Bertz CT molecular complexity index is 2320. The van der Waals surface area contributed by atoms with Crippen LogP contribution in [-0.2, 0) is 40.9 Å². The van der Waals surface area contributed by atoms with Gasteiger partial charge >= 0.3 is 12.1 Å². The maximum Gasteiger partial charge on any atom is 0.410 e. The van der Waals surface area contributed by atoms with Gasteiger partial charge in [0.15, 0.2) is 5.82 Å². The molecule has 3 N–H and O–H groups in total. The first-order chi connectivity index (χ1) is 29.1. The molecule has 0 radical (unpaired) electrons. The van der Waals surface area contributed by atoms with Gasteiger partial charge in [0.05, 0.1) is 52.4 Å². The summed E-state index contributed by atoms with van der Waals surface area (Å²) < 4.78 is 13.4. The maximum absolute atomic E-state index is 13.8. The Labute approximate surface area is 365 Å². The molecule has 0 unspecified atom stereocenters. The monoisotopic (exact) mass is 873 g/mol. The Morgan fingerprint density at radius 2 is 1.77 bits per heavy atom. The molecule has 3 amide bonds. The average Bonchev–Trinajstić information content (AvgIpc) is 3.79. The second-order valence-corrected chi connectivity index (χ2v) is 18.0. The van der Waals surface area contributed by atoms with Crippen LogP contribution in [0.25, 0.3) is 22.4 Å². The number of amides is 3. The van der Waals surface area contributed by atoms with Gasteiger partial charge in [0.1, 0.15) is 11.4 Å². The van der Waals surface area contributed by atoms with Crippen LogP contribution in [0.15, 0.2) is 48.7 Å². The fourth-order valence-corrected chi connectivity index (χ4v) is 9.16. The second kappa shape index (κ2) is 18.4. The van der Waals surface area contributed by atoms with Crippen molar-refractivity contribution in [1.29, 1.82) is 0 Å². The molecule has 16 heteroatoms. The fraction of sp³-hybridized carbons (Fsp3) is 0.467. The topological polar surface area (TPSA) is 168 Å². The third kappa shape index (κ3) is 10.1. The summed E-state index contributed by atoms with van der Waals surface area (Å²) in [5.41, 5.74) is 4.66. The predicted molar refractivity (Wildman–Crippen MR) is 233 cm³/mol. The Kier molecular flexibility index (Phi) is 13.3. The summed E-state index contributed by atoms with van der Waals surface area (Å²) in [6, 6.07) is 12.5. The Balaban J connectivity index is 1.06. The van der Waals surface area contributed by atoms with Crippen LogP contribution in [0, 0.1) is 11.8 Å². The third-order valence-electron chi connectivity index (χ3n) is 11.8. The Morgan fingerprint density at radius 3 is 2.46 bits per heavy atom. The molecule has 1 aliphatic carbocycles. The first-order valence-electron chi connectivity index (χ1n) is 20.8. The first kappa shape index (κ1) is 43.9. The van der Waals surface area contributed by atoms with Crippen LogP contribution in [-0.4, -0.2) is 91.7 Å². The van der Waals surface area contributed by atoms with Crippen molar-refractivity contribution in [2.75, 3.05) is 32.1 Å². The van der Waals surface area contributed by atoms with Crippen LogP contribution < -0.4 is 15.4 Å². The van der Waals surface area contributed by atoms with E-state index in [1.807, 2.05) is 56.7 Å². The zero-order valence-corrected chi connectivity index (χ0v) is 36.7. The van der Waals surface area contributed by atoms with Gasteiger partial charge in [-0.15, -0.1) is 0 Å². The van der Waals surface area contributed by atoms with Gasteiger partial charge in [-0.2, -0.15) is 0 Å². The van der Waals surface area contributed by atoms with Crippen molar-refractivity contribution in [3.63, 3.8) is 0 Å². The van der Waals surface area contributed by atoms with E-state index in [9.17, 15) is 24.3 Å². The van der Waals surface area contributed by atoms with E-state index in [2.05, 4.69) is 20.5 Å². The number of carboxylic acid groups (broad SMARTS) is 1. The number of carbonyl (C=O) groups excluding carboxylic acids is 3. The quantitative estimate of drug-likeness (QED) is 0.127. The molecule has 2 aliphatic heterocycles. The molecule has 2 aromatic carbocycles. The minimum Gasteiger partial charge on any atom is -0.496 e. The van der Waals surface area contributed by atoms with Gasteiger partial charge in [-0.25, -0.2) is 9.78 Å². The van der Waals surface area contributed by atoms with Gasteiger partial charge in [0, 0.05) is 80.6 Å². The highest BCUT2D eigenvalue weighted by Crippen LogP contribution is 2.41. The van der Waals surface area contributed by atoms with Crippen molar-refractivity contribution in [2.45, 2.75) is 90.4 Å². The number of anilines is 1. The summed E-state index contributed by atoms with van der Waals surface area (Å²) >= 11 is 14.1. The number of imidazole rings is 1. The van der Waals surface area contributed by atoms with Crippen molar-refractivity contribution in [3.8, 4) is 28.1 Å². The number of ether oxygens (including phenoxy) is 2. The fourth-order valence-electron chi connectivity index (χ4n) is 8.56. The number of nitrogens with one attached hydrogen (secondary N) is 2. The van der Waals surface area contributed by atoms with E-state index < -0.39 is 17.7 Å². The van der Waals surface area contributed by atoms with E-state index in [4.69, 9.17) is 37.7 Å². The molecule has 4 heterocycles. The van der Waals surface area contributed by atoms with E-state index >= 15 is 0 Å². The van der Waals surface area contributed by atoms with E-state index in [0.29, 0.717) is 69.2 Å². The van der Waals surface area contributed by atoms with E-state index in [1.165, 1.54) is 0 Å². The lowest BCUT2D eigenvalue weighted by Crippen LogP contribution is -2.43. The molecule has 1 saturated carbocycles. The summed E-state index contributed by atoms with van der Waals surface area (Å²) in [6.45, 7) is 8.29. The van der Waals surface area contributed by atoms with Crippen molar-refractivity contribution in [3.05, 3.63) is 81.5 Å². The minimum absolute atomic E-state index is 0.0392. The number of aromatic nitrogens is 3. The number of methoxy groups -OCH3 is 1. The van der Waals surface area contributed by atoms with Crippen LogP contribution in [0.2, 0.25) is 10.0 Å². The van der Waals surface area contributed by atoms with Crippen molar-refractivity contribution >= 4 is 52.8 Å². The molecule has 3 aliphatic rings. The van der Waals surface area contributed by atoms with Crippen molar-refractivity contribution < 1.29 is 33.8 Å². The summed E-state index contributed by atoms with van der Waals surface area (Å²) in [5, 5.41) is 15.9. The smallest absolute Gasteiger partial charge is 0.410 e. The van der Waals surface area contributed by atoms with Crippen LogP contribution in [0.4, 0.5) is 10.5 Å². The number of pyridine rings is 1. The molecule has 1 saturated heterocycles. The number of carbonyl (C=O) groups is 4. The lowest BCUT2D eigenvalue weighted by molar-refractivity contribution is -0.143. The SMILES string of the molecule is COc1cc(-c2nccc(-c3cccc(NC(=O)c4nc5c(n4C)CN(CC4CCC(C(=O)O)CC4)CC5)c3Cl)c2Cl)ccc1CN(C[C@@H]1CCC(=O)N1)C(=O)OC(C)(C)C. The number of fused-ring (bicyclic) bond motifs is 1. The number of halogens is 2. The number of hydrogen-bond acceptors (Lipinski definition) is 9. The van der Waals surface area contributed by atoms with Gasteiger partial charge in [0.2, 0.25) is 5.91 Å². The van der Waals surface area contributed by atoms with Crippen molar-refractivity contribution in [2.24, 2.45) is 18.9 Å². The number of hydrogen-bond donors (Lipinski definition) is 3. The molecular weight excluding hydrogens is 821 g/mol. The van der Waals surface area contributed by atoms with Crippen LogP contribution in [0.1, 0.15) is 86.9 Å². The summed E-state index contributed by atoms with van der Waals surface area (Å²) in [5.74, 6) is -0.0918. The van der Waals surface area contributed by atoms with Crippen LogP contribution >= 0.6 is 23.2 Å². The summed E-state index contributed by atoms with van der Waals surface area (Å²) in [4.78, 5) is 63.8. The highest BCUT2D eigenvalue weighted by molar-refractivity contribution is 6.39. The third-order valence-corrected chi connectivity index (χ3v) is 12.6. The predicted octanol–water partition coefficient (Wildman–Crippen LogP) is 7.98. The standard InChI is InChI=1S/C45H53Cl2N7O7/c1-45(2,3)61-44(59)54(24-30-15-16-37(55)49-30)23-29-14-13-28(21-36(29)60-5)40-39(47)32(17-19-48-40)31-7-6-8-34(38(31)46)51-42(56)41-50-33-18-20-53(25-35(33)52(41)4)22-26-9-11-27(12-10-26)43(57)58/h6-8,13-14,17,19,21,26-27,30H,9-12,15-16,18,20,22-25H2,1-5H3,(H,49,55)(H,51,56)(H,57,58)/t26?,27?,30-/m0/s1. The molecule has 14 nitrogen and oxygen atoms in total. The van der Waals surface area contributed by atoms with Gasteiger partial charge in [-0.3, -0.25) is 24.3 Å². The molecule has 324 valence electrons. The number of benzene rings is 2. The summed E-state index contributed by atoms with van der Waals surface area (Å²) in [7, 11) is 3.41. The zero-order valence-electron chi connectivity index (χ0n) is 35.2. The molecule has 2 aromatic heterocycles. The second-order valence-electron chi connectivity index (χ2n) is 17.3. The maximum atomic E-state index is 13.8. The molecule has 0 bridgehead atoms. The first-order valence-corrected chi connectivity index (χ1v) is 21.5. The van der Waals surface area contributed by atoms with Gasteiger partial charge in [0.25, 0.3) is 5.91 Å². The van der Waals surface area contributed by atoms with Crippen molar-refractivity contribution in [1.82, 2.24) is 29.7 Å². The van der Waals surface area contributed by atoms with Crippen LogP contribution in [0.5, 0.6) is 5.75 Å². The zero-order chi connectivity index (χ0) is 43.6. The lowest BCUT2D eigenvalue weighted by atomic mass is 9.81. The minimum atomic E-state index is -0.709. The summed E-state index contributed by atoms with van der Waals surface area (Å²) in [6.07, 6.45) is 6.18. The van der Waals surface area contributed by atoms with Crippen LogP contribution in [0.3, 0.4) is 0 Å². The molecule has 61 heavy (non-hydrogen) atoms. The van der Waals surface area contributed by atoms with Gasteiger partial charge < -0.3 is 34.7 Å². The number of rotatable bonds is 12. The van der Waals surface area contributed by atoms with E-state index in [1.54, 1.807) is 36.4 Å². The Morgan fingerprint density at radius 1 is 1.02 bits per heavy atom. The number of nitrogens with zero attached hydrogens (tertiary/aromatic N) is 5. The molecular formula is C45H53Cl2N7O7. The molecule has 7 rings (SSSR count). The highest BCUT2D eigenvalue weighted by Gasteiger charge is 2.32. The van der Waals surface area contributed by atoms with Gasteiger partial charge in [-0.1, -0.05) is 47.5 Å². The normalized spacial score (nSPS) is 19.2. The molecule has 2 fully saturated rings. The molecule has 4 aromatic rings. The number of carboxylic acids is 1. The molecule has 0 spiro atoms. The largest absolute Gasteiger partial charge is 0.496 e. The molecule has 1 atom stereocenters.